The van der Waals surface area contributed by atoms with Gasteiger partial charge in [-0.05, 0) is 81.3 Å². The fourth-order valence-electron chi connectivity index (χ4n) is 7.80. The van der Waals surface area contributed by atoms with E-state index in [-0.39, 0.29) is 31.1 Å². The molecule has 0 heterocycles. The van der Waals surface area contributed by atoms with Crippen molar-refractivity contribution in [3.05, 3.63) is 0 Å². The predicted octanol–water partition coefficient (Wildman–Crippen LogP) is 16.5. The average Bonchev–Trinajstić information content (AvgIpc) is 4.16. The second-order valence-corrected chi connectivity index (χ2v) is 21.2. The third-order valence-corrected chi connectivity index (χ3v) is 13.9. The third-order valence-electron chi connectivity index (χ3n) is 12.9. The van der Waals surface area contributed by atoms with Crippen molar-refractivity contribution in [2.75, 3.05) is 57.8 Å². The van der Waals surface area contributed by atoms with Crippen LogP contribution in [0.4, 0.5) is 0 Å². The third kappa shape index (κ3) is 52.1. The minimum atomic E-state index is -0.202. The summed E-state index contributed by atoms with van der Waals surface area (Å²) in [5.41, 5.74) is 0. The summed E-state index contributed by atoms with van der Waals surface area (Å²) >= 11 is 1.74. The first-order chi connectivity index (χ1) is 32.5. The van der Waals surface area contributed by atoms with E-state index >= 15 is 0 Å². The fourth-order valence-corrected chi connectivity index (χ4v) is 8.60. The van der Waals surface area contributed by atoms with E-state index in [4.69, 9.17) is 23.7 Å². The molecule has 8 nitrogen and oxygen atoms in total. The summed E-state index contributed by atoms with van der Waals surface area (Å²) in [7, 11) is 0. The van der Waals surface area contributed by atoms with Crippen LogP contribution < -0.4 is 0 Å². The first kappa shape index (κ1) is 62.7. The van der Waals surface area contributed by atoms with Gasteiger partial charge in [0.1, 0.15) is 13.2 Å². The molecule has 0 radical (unpaired) electrons. The maximum Gasteiger partial charge on any atom is 0.332 e. The Hall–Kier alpha value is -1.32. The van der Waals surface area contributed by atoms with Crippen LogP contribution in [0.1, 0.15) is 271 Å². The number of unbranched alkanes of at least 4 members (excludes halogenated alkanes) is 28. The molecule has 3 rings (SSSR count). The highest BCUT2D eigenvalue weighted by atomic mass is 32.2. The quantitative estimate of drug-likeness (QED) is 0.0335. The van der Waals surface area contributed by atoms with E-state index in [1.54, 1.807) is 11.8 Å². The van der Waals surface area contributed by atoms with Gasteiger partial charge in [-0.1, -0.05) is 213 Å². The zero-order chi connectivity index (χ0) is 47.6. The highest BCUT2D eigenvalue weighted by Gasteiger charge is 2.24. The topological polar surface area (TPSA) is 97.4 Å². The normalized spacial score (nSPS) is 14.2. The summed E-state index contributed by atoms with van der Waals surface area (Å²) in [5, 5.41) is 0. The summed E-state index contributed by atoms with van der Waals surface area (Å²) in [6.07, 6.45) is 51.5. The van der Waals surface area contributed by atoms with Gasteiger partial charge in [0.2, 0.25) is 0 Å². The molecule has 3 fully saturated rings. The van der Waals surface area contributed by atoms with Gasteiger partial charge in [-0.15, -0.1) is 0 Å². The van der Waals surface area contributed by atoms with Crippen LogP contribution in [-0.2, 0) is 38.1 Å². The van der Waals surface area contributed by atoms with Gasteiger partial charge in [0.25, 0.3) is 0 Å². The predicted molar refractivity (Wildman–Crippen MR) is 279 cm³/mol. The van der Waals surface area contributed by atoms with Gasteiger partial charge in [-0.3, -0.25) is 4.79 Å². The van der Waals surface area contributed by atoms with Crippen molar-refractivity contribution < 1.29 is 38.1 Å². The molecule has 3 saturated carbocycles. The van der Waals surface area contributed by atoms with Gasteiger partial charge in [0.05, 0.1) is 25.6 Å². The standard InChI is InChI=1S/2C19H36O3.C19H36O2S/c1-2-3-4-5-6-7-8-9-10-15-21-17-19(20)22-16-11-12-18-13-14-18;1-2-3-4-5-6-7-8-9-10-11-12-15-21-17-19(20)22-16-18-13-14-18;1-2-3-4-5-6-7-8-9-10-11-12-15-22-17-19(20)21-16-18-13-14-18/h3*18H,2-17H2,1H3. The van der Waals surface area contributed by atoms with E-state index in [0.717, 1.165) is 30.9 Å². The maximum atomic E-state index is 11.4. The van der Waals surface area contributed by atoms with E-state index in [9.17, 15) is 14.4 Å². The number of esters is 3. The van der Waals surface area contributed by atoms with Gasteiger partial charge in [0, 0.05) is 13.2 Å². The molecule has 66 heavy (non-hydrogen) atoms. The Bertz CT molecular complexity index is 992. The fraction of sp³-hybridized carbons (Fsp3) is 0.947. The van der Waals surface area contributed by atoms with Gasteiger partial charge in [-0.2, -0.15) is 11.8 Å². The molecule has 0 unspecified atom stereocenters. The molecular weight excluding hydrogens is 845 g/mol. The molecule has 0 aromatic heterocycles. The SMILES string of the molecule is CCCCCCCCCCCCCOCC(=O)OCC1CC1.CCCCCCCCCCCCCSCC(=O)OCC1CC1.CCCCCCCCCCCOCC(=O)OCCCC1CC1. The number of thioether (sulfide) groups is 1. The number of hydrogen-bond acceptors (Lipinski definition) is 9. The smallest absolute Gasteiger partial charge is 0.332 e. The van der Waals surface area contributed by atoms with Crippen LogP contribution in [-0.4, -0.2) is 75.7 Å². The van der Waals surface area contributed by atoms with Gasteiger partial charge in [0.15, 0.2) is 0 Å². The van der Waals surface area contributed by atoms with Crippen LogP contribution in [0.3, 0.4) is 0 Å². The summed E-state index contributed by atoms with van der Waals surface area (Å²) in [6, 6.07) is 0. The van der Waals surface area contributed by atoms with Crippen molar-refractivity contribution in [3.63, 3.8) is 0 Å². The van der Waals surface area contributed by atoms with E-state index in [0.29, 0.717) is 50.6 Å². The molecule has 390 valence electrons. The van der Waals surface area contributed by atoms with Gasteiger partial charge >= 0.3 is 17.9 Å². The zero-order valence-electron chi connectivity index (χ0n) is 43.8. The molecule has 0 saturated heterocycles. The minimum Gasteiger partial charge on any atom is -0.465 e. The zero-order valence-corrected chi connectivity index (χ0v) is 44.7. The average molecular weight is 954 g/mol. The van der Waals surface area contributed by atoms with Crippen LogP contribution in [0.5, 0.6) is 0 Å². The number of ether oxygens (including phenoxy) is 5. The van der Waals surface area contributed by atoms with Gasteiger partial charge < -0.3 is 23.7 Å². The first-order valence-corrected chi connectivity index (χ1v) is 29.8. The van der Waals surface area contributed by atoms with E-state index < -0.39 is 0 Å². The van der Waals surface area contributed by atoms with Gasteiger partial charge in [-0.25, -0.2) is 9.59 Å². The molecule has 3 aliphatic rings. The lowest BCUT2D eigenvalue weighted by atomic mass is 10.1. The monoisotopic (exact) mass is 953 g/mol. The van der Waals surface area contributed by atoms with Crippen molar-refractivity contribution >= 4 is 29.7 Å². The van der Waals surface area contributed by atoms with Crippen molar-refractivity contribution in [2.24, 2.45) is 17.8 Å². The Morgan fingerprint density at radius 2 is 0.697 bits per heavy atom. The molecule has 0 aliphatic heterocycles. The molecule has 0 bridgehead atoms. The molecule has 0 spiro atoms. The number of rotatable bonds is 48. The Labute approximate surface area is 412 Å². The summed E-state index contributed by atoms with van der Waals surface area (Å²) < 4.78 is 26.2. The highest BCUT2D eigenvalue weighted by Crippen LogP contribution is 2.33. The molecule has 0 amide bonds. The van der Waals surface area contributed by atoms with Crippen molar-refractivity contribution in [1.82, 2.24) is 0 Å². The molecule has 0 aromatic carbocycles. The molecule has 3 aliphatic carbocycles. The van der Waals surface area contributed by atoms with Crippen LogP contribution in [0.25, 0.3) is 0 Å². The highest BCUT2D eigenvalue weighted by molar-refractivity contribution is 7.99. The van der Waals surface area contributed by atoms with Crippen LogP contribution in [0.2, 0.25) is 0 Å². The molecule has 9 heteroatoms. The largest absolute Gasteiger partial charge is 0.465 e. The Morgan fingerprint density at radius 3 is 1.08 bits per heavy atom. The lowest BCUT2D eigenvalue weighted by molar-refractivity contribution is -0.150. The molecular formula is C57H108O8S. The molecule has 0 atom stereocenters. The van der Waals surface area contributed by atoms with Crippen LogP contribution in [0, 0.1) is 17.8 Å². The Morgan fingerprint density at radius 1 is 0.364 bits per heavy atom. The second kappa shape index (κ2) is 50.1. The van der Waals surface area contributed by atoms with Crippen LogP contribution in [0.15, 0.2) is 0 Å². The summed E-state index contributed by atoms with van der Waals surface area (Å²) in [4.78, 5) is 34.2. The first-order valence-electron chi connectivity index (χ1n) is 28.7. The Kier molecular flexibility index (Phi) is 47.6. The van der Waals surface area contributed by atoms with Crippen LogP contribution >= 0.6 is 11.8 Å². The maximum absolute atomic E-state index is 11.4. The number of carbonyl (C=O) groups excluding carboxylic acids is 3. The van der Waals surface area contributed by atoms with Crippen molar-refractivity contribution in [1.29, 1.82) is 0 Å². The number of hydrogen-bond donors (Lipinski definition) is 0. The minimum absolute atomic E-state index is 0.0139. The summed E-state index contributed by atoms with van der Waals surface area (Å²) in [6.45, 7) is 10.3. The number of carbonyl (C=O) groups is 3. The van der Waals surface area contributed by atoms with E-state index in [2.05, 4.69) is 20.8 Å². The van der Waals surface area contributed by atoms with Crippen molar-refractivity contribution in [3.8, 4) is 0 Å². The lowest BCUT2D eigenvalue weighted by Gasteiger charge is -2.06. The van der Waals surface area contributed by atoms with E-state index in [1.807, 2.05) is 0 Å². The second-order valence-electron chi connectivity index (χ2n) is 20.1. The van der Waals surface area contributed by atoms with E-state index in [1.165, 1.54) is 231 Å². The Balaban J connectivity index is 0.000000495. The molecule has 0 N–H and O–H groups in total. The molecule has 0 aromatic rings. The lowest BCUT2D eigenvalue weighted by Crippen LogP contribution is -2.14. The van der Waals surface area contributed by atoms with Crippen molar-refractivity contribution in [2.45, 2.75) is 271 Å². The summed E-state index contributed by atoms with van der Waals surface area (Å²) in [5.74, 6) is 3.47.